The van der Waals surface area contributed by atoms with E-state index in [-0.39, 0.29) is 11.7 Å². The van der Waals surface area contributed by atoms with Crippen LogP contribution in [-0.4, -0.2) is 38.4 Å². The van der Waals surface area contributed by atoms with Gasteiger partial charge in [-0.3, -0.25) is 4.79 Å². The summed E-state index contributed by atoms with van der Waals surface area (Å²) in [6.45, 7) is 0. The first kappa shape index (κ1) is 19.7. The first-order chi connectivity index (χ1) is 14.0. The Bertz CT molecular complexity index is 1010. The molecule has 1 aromatic heterocycles. The van der Waals surface area contributed by atoms with Crippen LogP contribution >= 0.6 is 0 Å². The lowest BCUT2D eigenvalue weighted by Gasteiger charge is -2.07. The van der Waals surface area contributed by atoms with Crippen molar-refractivity contribution >= 4 is 23.3 Å². The van der Waals surface area contributed by atoms with Crippen molar-refractivity contribution in [3.05, 3.63) is 54.2 Å². The third kappa shape index (κ3) is 4.64. The number of anilines is 2. The molecule has 9 heteroatoms. The molecular weight excluding hydrogens is 376 g/mol. The van der Waals surface area contributed by atoms with Gasteiger partial charge in [-0.2, -0.15) is 0 Å². The smallest absolute Gasteiger partial charge is 0.318 e. The second kappa shape index (κ2) is 8.79. The van der Waals surface area contributed by atoms with Gasteiger partial charge in [-0.05, 0) is 42.5 Å². The number of aromatic nitrogens is 1. The number of amides is 3. The highest BCUT2D eigenvalue weighted by Gasteiger charge is 2.17. The number of nitrogens with one attached hydrogen (secondary N) is 3. The van der Waals surface area contributed by atoms with Crippen molar-refractivity contribution in [3.63, 3.8) is 0 Å². The van der Waals surface area contributed by atoms with Gasteiger partial charge in [0.1, 0.15) is 11.5 Å². The van der Waals surface area contributed by atoms with E-state index in [4.69, 9.17) is 14.0 Å². The van der Waals surface area contributed by atoms with Crippen LogP contribution in [0.4, 0.5) is 16.2 Å². The van der Waals surface area contributed by atoms with Crippen molar-refractivity contribution in [1.29, 1.82) is 0 Å². The van der Waals surface area contributed by atoms with Crippen LogP contribution in [0.15, 0.2) is 53.1 Å². The first-order valence-electron chi connectivity index (χ1n) is 8.63. The molecule has 0 aliphatic heterocycles. The number of hydrogen-bond donors (Lipinski definition) is 3. The Morgan fingerprint density at radius 3 is 2.24 bits per heavy atom. The molecule has 0 aliphatic carbocycles. The number of carbonyl (C=O) groups is 2. The second-order valence-electron chi connectivity index (χ2n) is 5.88. The highest BCUT2D eigenvalue weighted by atomic mass is 16.5. The van der Waals surface area contributed by atoms with Gasteiger partial charge in [0.25, 0.3) is 5.91 Å². The van der Waals surface area contributed by atoms with Gasteiger partial charge in [0.2, 0.25) is 0 Å². The van der Waals surface area contributed by atoms with Gasteiger partial charge in [0.15, 0.2) is 11.5 Å². The predicted molar refractivity (Wildman–Crippen MR) is 108 cm³/mol. The maximum Gasteiger partial charge on any atom is 0.318 e. The van der Waals surface area contributed by atoms with Crippen molar-refractivity contribution in [2.75, 3.05) is 31.9 Å². The zero-order valence-electron chi connectivity index (χ0n) is 16.1. The third-order valence-electron chi connectivity index (χ3n) is 4.04. The fraction of sp³-hybridized carbons (Fsp3) is 0.150. The van der Waals surface area contributed by atoms with Gasteiger partial charge >= 0.3 is 6.03 Å². The van der Waals surface area contributed by atoms with Gasteiger partial charge in [0, 0.05) is 24.5 Å². The summed E-state index contributed by atoms with van der Waals surface area (Å²) in [7, 11) is 4.62. The Balaban J connectivity index is 1.74. The minimum Gasteiger partial charge on any atom is -0.497 e. The van der Waals surface area contributed by atoms with Crippen LogP contribution in [0, 0.1) is 0 Å². The zero-order chi connectivity index (χ0) is 20.8. The minimum atomic E-state index is -0.436. The zero-order valence-corrected chi connectivity index (χ0v) is 16.1. The van der Waals surface area contributed by atoms with E-state index in [0.717, 1.165) is 0 Å². The lowest BCUT2D eigenvalue weighted by molar-refractivity contribution is 0.101. The number of methoxy groups -OCH3 is 2. The molecule has 3 rings (SSSR count). The van der Waals surface area contributed by atoms with Crippen LogP contribution in [0.25, 0.3) is 11.3 Å². The molecule has 0 atom stereocenters. The van der Waals surface area contributed by atoms with Crippen LogP contribution in [-0.2, 0) is 0 Å². The maximum absolute atomic E-state index is 12.5. The Kier molecular flexibility index (Phi) is 5.98. The molecular formula is C20H20N4O5. The summed E-state index contributed by atoms with van der Waals surface area (Å²) in [4.78, 5) is 23.8. The van der Waals surface area contributed by atoms with Crippen molar-refractivity contribution in [1.82, 2.24) is 10.5 Å². The molecule has 0 saturated carbocycles. The van der Waals surface area contributed by atoms with Crippen LogP contribution < -0.4 is 25.4 Å². The van der Waals surface area contributed by atoms with Crippen LogP contribution in [0.1, 0.15) is 10.5 Å². The number of urea groups is 1. The second-order valence-corrected chi connectivity index (χ2v) is 5.88. The Morgan fingerprint density at radius 2 is 1.62 bits per heavy atom. The molecule has 0 aliphatic rings. The highest BCUT2D eigenvalue weighted by molar-refractivity contribution is 6.03. The average Bonchev–Trinajstić information content (AvgIpc) is 3.24. The minimum absolute atomic E-state index is 0.109. The lowest BCUT2D eigenvalue weighted by Crippen LogP contribution is -2.24. The molecule has 0 radical (unpaired) electrons. The van der Waals surface area contributed by atoms with Crippen molar-refractivity contribution in [2.45, 2.75) is 0 Å². The summed E-state index contributed by atoms with van der Waals surface area (Å²) >= 11 is 0. The van der Waals surface area contributed by atoms with E-state index in [1.54, 1.807) is 49.6 Å². The number of hydrogen-bond acceptors (Lipinski definition) is 6. The normalized spacial score (nSPS) is 10.2. The Morgan fingerprint density at radius 1 is 0.931 bits per heavy atom. The van der Waals surface area contributed by atoms with Gasteiger partial charge in [-0.25, -0.2) is 4.79 Å². The molecule has 0 spiro atoms. The molecule has 1 heterocycles. The number of rotatable bonds is 6. The molecule has 2 aromatic carbocycles. The summed E-state index contributed by atoms with van der Waals surface area (Å²) in [5.74, 6) is 1.12. The van der Waals surface area contributed by atoms with E-state index >= 15 is 0 Å². The molecule has 9 nitrogen and oxygen atoms in total. The summed E-state index contributed by atoms with van der Waals surface area (Å²) in [5, 5.41) is 11.7. The van der Waals surface area contributed by atoms with Crippen LogP contribution in [0.2, 0.25) is 0 Å². The van der Waals surface area contributed by atoms with Crippen molar-refractivity contribution in [2.24, 2.45) is 0 Å². The van der Waals surface area contributed by atoms with E-state index in [9.17, 15) is 9.59 Å². The van der Waals surface area contributed by atoms with E-state index in [2.05, 4.69) is 21.1 Å². The van der Waals surface area contributed by atoms with E-state index in [0.29, 0.717) is 34.2 Å². The number of nitrogens with zero attached hydrogens (tertiary/aromatic N) is 1. The quantitative estimate of drug-likeness (QED) is 0.589. The molecule has 0 saturated heterocycles. The molecule has 29 heavy (non-hydrogen) atoms. The van der Waals surface area contributed by atoms with Gasteiger partial charge in [-0.1, -0.05) is 5.16 Å². The topological polar surface area (TPSA) is 115 Å². The molecule has 3 amide bonds. The Hall–Kier alpha value is -4.01. The van der Waals surface area contributed by atoms with Gasteiger partial charge in [0.05, 0.1) is 19.8 Å². The third-order valence-corrected chi connectivity index (χ3v) is 4.04. The number of benzene rings is 2. The van der Waals surface area contributed by atoms with Crippen molar-refractivity contribution in [3.8, 4) is 22.8 Å². The monoisotopic (exact) mass is 396 g/mol. The standard InChI is InChI=1S/C20H20N4O5/c1-21-20(26)23-13-6-4-12(5-7-13)22-19(25)16-11-18(29-24-16)15-10-14(27-2)8-9-17(15)28-3/h4-11H,1-3H3,(H,22,25)(H2,21,23,26). The fourth-order valence-electron chi connectivity index (χ4n) is 2.54. The molecule has 3 aromatic rings. The summed E-state index contributed by atoms with van der Waals surface area (Å²) in [6, 6.07) is 13.1. The van der Waals surface area contributed by atoms with E-state index in [1.165, 1.54) is 20.2 Å². The lowest BCUT2D eigenvalue weighted by atomic mass is 10.1. The number of carbonyl (C=O) groups excluding carboxylic acids is 2. The van der Waals surface area contributed by atoms with Gasteiger partial charge < -0.3 is 29.9 Å². The molecule has 0 unspecified atom stereocenters. The summed E-state index contributed by atoms with van der Waals surface area (Å²) in [6.07, 6.45) is 0. The average molecular weight is 396 g/mol. The van der Waals surface area contributed by atoms with Crippen LogP contribution in [0.5, 0.6) is 11.5 Å². The molecule has 0 bridgehead atoms. The SMILES string of the molecule is CNC(=O)Nc1ccc(NC(=O)c2cc(-c3cc(OC)ccc3OC)on2)cc1. The largest absolute Gasteiger partial charge is 0.497 e. The van der Waals surface area contributed by atoms with E-state index < -0.39 is 5.91 Å². The first-order valence-corrected chi connectivity index (χ1v) is 8.63. The fourth-order valence-corrected chi connectivity index (χ4v) is 2.54. The molecule has 150 valence electrons. The van der Waals surface area contributed by atoms with Gasteiger partial charge in [-0.15, -0.1) is 0 Å². The van der Waals surface area contributed by atoms with E-state index in [1.807, 2.05) is 0 Å². The Labute approximate surface area is 167 Å². The predicted octanol–water partition coefficient (Wildman–Crippen LogP) is 3.36. The molecule has 0 fully saturated rings. The summed E-state index contributed by atoms with van der Waals surface area (Å²) in [5.41, 5.74) is 1.86. The summed E-state index contributed by atoms with van der Waals surface area (Å²) < 4.78 is 15.9. The highest BCUT2D eigenvalue weighted by Crippen LogP contribution is 2.33. The van der Waals surface area contributed by atoms with Crippen LogP contribution in [0.3, 0.4) is 0 Å². The molecule has 3 N–H and O–H groups in total. The van der Waals surface area contributed by atoms with Crippen molar-refractivity contribution < 1.29 is 23.6 Å². The number of ether oxygens (including phenoxy) is 2. The maximum atomic E-state index is 12.5.